The lowest BCUT2D eigenvalue weighted by molar-refractivity contribution is -0.136. The maximum Gasteiger partial charge on any atom is 0.517 e. The third kappa shape index (κ3) is 9.96. The number of nitrogens with zero attached hydrogens (tertiary/aromatic N) is 4. The van der Waals surface area contributed by atoms with Gasteiger partial charge in [0.15, 0.2) is 5.82 Å². The van der Waals surface area contributed by atoms with Crippen LogP contribution < -0.4 is 3.71 Å². The Labute approximate surface area is 282 Å². The molecule has 262 valence electrons. The van der Waals surface area contributed by atoms with Crippen molar-refractivity contribution in [1.29, 1.82) is 0 Å². The maximum atomic E-state index is 12.5. The number of carbonyl (C=O) groups is 1. The average molecular weight is 751 g/mol. The van der Waals surface area contributed by atoms with Crippen LogP contribution in [0.15, 0.2) is 79.5 Å². The monoisotopic (exact) mass is 750 g/mol. The Kier molecular flexibility index (Phi) is 12.1. The van der Waals surface area contributed by atoms with Crippen molar-refractivity contribution in [2.45, 2.75) is 43.7 Å². The molecule has 10 nitrogen and oxygen atoms in total. The molecule has 0 aliphatic carbocycles. The zero-order valence-corrected chi connectivity index (χ0v) is 27.6. The minimum Gasteiger partial charge on any atom is -0.481 e. The van der Waals surface area contributed by atoms with Gasteiger partial charge in [0, 0.05) is 36.3 Å². The van der Waals surface area contributed by atoms with Crippen molar-refractivity contribution < 1.29 is 53.1 Å². The van der Waals surface area contributed by atoms with Gasteiger partial charge in [-0.25, -0.2) is 9.97 Å². The number of hydrogen-bond donors (Lipinski definition) is 1. The third-order valence-electron chi connectivity index (χ3n) is 6.26. The van der Waals surface area contributed by atoms with E-state index in [2.05, 4.69) is 52.4 Å². The van der Waals surface area contributed by atoms with E-state index < -0.39 is 46.6 Å². The van der Waals surface area contributed by atoms with Crippen molar-refractivity contribution >= 4 is 43.4 Å². The smallest absolute Gasteiger partial charge is 0.481 e. The number of rotatable bonds is 8. The van der Waals surface area contributed by atoms with Crippen LogP contribution in [0.4, 0.5) is 32.2 Å². The third-order valence-corrected chi connectivity index (χ3v) is 10.1. The topological polar surface area (TPSA) is 140 Å². The molecule has 0 saturated carbocycles. The van der Waals surface area contributed by atoms with Gasteiger partial charge in [-0.05, 0) is 59.0 Å². The van der Waals surface area contributed by atoms with Crippen LogP contribution in [-0.4, -0.2) is 53.5 Å². The van der Waals surface area contributed by atoms with Crippen LogP contribution in [-0.2, 0) is 37.8 Å². The highest BCUT2D eigenvalue weighted by molar-refractivity contribution is 8.11. The Morgan fingerprint density at radius 3 is 1.96 bits per heavy atom. The Morgan fingerprint density at radius 2 is 1.49 bits per heavy atom. The van der Waals surface area contributed by atoms with Crippen molar-refractivity contribution in [2.75, 3.05) is 3.71 Å². The number of carboxylic acid groups (broad SMARTS) is 1. The molecule has 0 bridgehead atoms. The van der Waals surface area contributed by atoms with E-state index in [1.165, 1.54) is 11.1 Å². The number of imidazole rings is 1. The van der Waals surface area contributed by atoms with Gasteiger partial charge in [-0.15, -0.1) is 3.71 Å². The van der Waals surface area contributed by atoms with Gasteiger partial charge in [0.25, 0.3) is 0 Å². The van der Waals surface area contributed by atoms with Crippen molar-refractivity contribution in [1.82, 2.24) is 14.5 Å². The Bertz CT molecular complexity index is 2000. The molecular formula is C30H25ClF6N4O6S2. The first-order valence-electron chi connectivity index (χ1n) is 13.6. The van der Waals surface area contributed by atoms with Crippen molar-refractivity contribution in [3.63, 3.8) is 0 Å². The van der Waals surface area contributed by atoms with Crippen LogP contribution in [0.1, 0.15) is 47.6 Å². The van der Waals surface area contributed by atoms with E-state index in [4.69, 9.17) is 16.7 Å². The number of carboxylic acids is 1. The number of aromatic nitrogens is 3. The van der Waals surface area contributed by atoms with Crippen LogP contribution in [0.25, 0.3) is 0 Å². The Morgan fingerprint density at radius 1 is 0.918 bits per heavy atom. The summed E-state index contributed by atoms with van der Waals surface area (Å²) in [4.78, 5) is 17.7. The fourth-order valence-electron chi connectivity index (χ4n) is 4.00. The van der Waals surface area contributed by atoms with Gasteiger partial charge < -0.3 is 9.67 Å². The summed E-state index contributed by atoms with van der Waals surface area (Å²) in [7, 11) is -13.9. The molecule has 49 heavy (non-hydrogen) atoms. The summed E-state index contributed by atoms with van der Waals surface area (Å²) in [5.41, 5.74) is -7.45. The van der Waals surface area contributed by atoms with E-state index in [0.717, 1.165) is 23.2 Å². The van der Waals surface area contributed by atoms with Crippen molar-refractivity contribution in [2.24, 2.45) is 0 Å². The van der Waals surface area contributed by atoms with E-state index in [9.17, 15) is 48.0 Å². The van der Waals surface area contributed by atoms with E-state index in [1.54, 1.807) is 6.20 Å². The lowest BCUT2D eigenvalue weighted by Crippen LogP contribution is -2.49. The summed E-state index contributed by atoms with van der Waals surface area (Å²) in [6, 6.07) is 14.6. The van der Waals surface area contributed by atoms with E-state index in [-0.39, 0.29) is 17.5 Å². The van der Waals surface area contributed by atoms with E-state index in [0.29, 0.717) is 18.2 Å². The highest BCUT2D eigenvalue weighted by Crippen LogP contribution is 2.38. The number of aliphatic carboxylic acids is 1. The fourth-order valence-corrected chi connectivity index (χ4v) is 6.73. The maximum absolute atomic E-state index is 12.5. The summed E-state index contributed by atoms with van der Waals surface area (Å²) in [6.07, 6.45) is 6.08. The summed E-state index contributed by atoms with van der Waals surface area (Å²) >= 11 is 5.30. The first-order chi connectivity index (χ1) is 22.6. The molecule has 19 heteroatoms. The van der Waals surface area contributed by atoms with Crippen molar-refractivity contribution in [3.8, 4) is 11.8 Å². The predicted molar refractivity (Wildman–Crippen MR) is 167 cm³/mol. The Hall–Kier alpha value is -4.60. The fraction of sp³-hybridized carbons (Fsp3) is 0.233. The molecule has 0 atom stereocenters. The molecule has 0 spiro atoms. The van der Waals surface area contributed by atoms with Crippen LogP contribution in [0, 0.1) is 11.8 Å². The first kappa shape index (κ1) is 38.8. The number of anilines is 1. The van der Waals surface area contributed by atoms with Gasteiger partial charge in [0.1, 0.15) is 0 Å². The number of sulfonamides is 2. The molecule has 1 N–H and O–H groups in total. The van der Waals surface area contributed by atoms with Crippen LogP contribution in [0.3, 0.4) is 0 Å². The van der Waals surface area contributed by atoms with E-state index in [1.807, 2.05) is 42.9 Å². The molecule has 2 aromatic carbocycles. The van der Waals surface area contributed by atoms with Gasteiger partial charge in [0.2, 0.25) is 0 Å². The van der Waals surface area contributed by atoms with Gasteiger partial charge in [-0.1, -0.05) is 55.5 Å². The first-order valence-corrected chi connectivity index (χ1v) is 16.8. The second kappa shape index (κ2) is 15.3. The van der Waals surface area contributed by atoms with Crippen molar-refractivity contribution in [3.05, 3.63) is 112 Å². The largest absolute Gasteiger partial charge is 0.517 e. The molecule has 4 aromatic rings. The lowest BCUT2D eigenvalue weighted by atomic mass is 9.95. The second-order valence-electron chi connectivity index (χ2n) is 10.3. The molecule has 0 unspecified atom stereocenters. The normalized spacial score (nSPS) is 12.0. The molecule has 0 amide bonds. The number of halogens is 7. The van der Waals surface area contributed by atoms with Gasteiger partial charge in [0.05, 0.1) is 17.8 Å². The standard InChI is InChI=1S/C23H22N2O2.C7H3ClF6N2O4S2/c1-17(2)22-13-19(9-10-21(22)15-25-12-11-24-16-25)6-3-18-4-7-20(8-5-18)14-23(26)27;8-4-1-2-5(15-3-4)16(21(17,18)6(9,10)11)22(19,20)7(12,13)14/h4-5,7-13,16-17H,14-15H2,1-2H3,(H,26,27);1-3H. The van der Waals surface area contributed by atoms with Crippen LogP contribution >= 0.6 is 11.6 Å². The highest BCUT2D eigenvalue weighted by Gasteiger charge is 2.62. The summed E-state index contributed by atoms with van der Waals surface area (Å²) < 4.78 is 120. The highest BCUT2D eigenvalue weighted by atomic mass is 35.5. The molecule has 2 aromatic heterocycles. The minimum absolute atomic E-state index is 0.0316. The number of hydrogen-bond acceptors (Lipinski definition) is 7. The summed E-state index contributed by atoms with van der Waals surface area (Å²) in [6.45, 7) is 5.17. The zero-order valence-electron chi connectivity index (χ0n) is 25.2. The van der Waals surface area contributed by atoms with Gasteiger partial charge in [-0.3, -0.25) is 4.79 Å². The molecule has 0 radical (unpaired) electrons. The predicted octanol–water partition coefficient (Wildman–Crippen LogP) is 6.32. The number of pyridine rings is 1. The SMILES string of the molecule is CC(C)c1cc(C#Cc2ccc(CC(=O)O)cc2)ccc1Cn1ccnc1.O=S(=O)(N(c1ccc(Cl)cn1)S(=O)(=O)C(F)(F)F)C(F)(F)F. The van der Waals surface area contributed by atoms with Gasteiger partial charge >= 0.3 is 37.0 Å². The lowest BCUT2D eigenvalue weighted by Gasteiger charge is -2.24. The molecular weight excluding hydrogens is 726 g/mol. The minimum atomic E-state index is -6.93. The summed E-state index contributed by atoms with van der Waals surface area (Å²) in [5.74, 6) is 4.31. The second-order valence-corrected chi connectivity index (χ2v) is 14.5. The number of alkyl halides is 6. The zero-order chi connectivity index (χ0) is 36.8. The molecule has 0 aliphatic heterocycles. The molecule has 2 heterocycles. The molecule has 0 fully saturated rings. The summed E-state index contributed by atoms with van der Waals surface area (Å²) in [5, 5.41) is 8.55. The number of benzene rings is 2. The molecule has 0 saturated heterocycles. The molecule has 4 rings (SSSR count). The van der Waals surface area contributed by atoms with Crippen LogP contribution in [0.5, 0.6) is 0 Å². The average Bonchev–Trinajstić information content (AvgIpc) is 3.50. The quantitative estimate of drug-likeness (QED) is 0.163. The van der Waals surface area contributed by atoms with Gasteiger partial charge in [-0.2, -0.15) is 43.2 Å². The van der Waals surface area contributed by atoms with Crippen LogP contribution in [0.2, 0.25) is 5.02 Å². The van der Waals surface area contributed by atoms with E-state index >= 15 is 0 Å². The molecule has 0 aliphatic rings. The Balaban J connectivity index is 0.000000272.